The molecule has 0 amide bonds. The average Bonchev–Trinajstić information content (AvgIpc) is 2.38. The minimum atomic E-state index is -0.391. The van der Waals surface area contributed by atoms with Gasteiger partial charge in [0.1, 0.15) is 0 Å². The van der Waals surface area contributed by atoms with Gasteiger partial charge >= 0.3 is 0 Å². The lowest BCUT2D eigenvalue weighted by molar-refractivity contribution is -0.385. The molecule has 84 valence electrons. The zero-order valence-electron chi connectivity index (χ0n) is 8.98. The van der Waals surface area contributed by atoms with Gasteiger partial charge in [-0.3, -0.25) is 15.1 Å². The van der Waals surface area contributed by atoms with Crippen LogP contribution in [0.2, 0.25) is 0 Å². The largest absolute Gasteiger partial charge is 0.276 e. The van der Waals surface area contributed by atoms with Crippen molar-refractivity contribution in [2.24, 2.45) is 0 Å². The van der Waals surface area contributed by atoms with Gasteiger partial charge in [-0.2, -0.15) is 0 Å². The van der Waals surface area contributed by atoms with E-state index in [9.17, 15) is 10.1 Å². The molecular formula is C13H10N2O2. The Balaban J connectivity index is 2.30. The van der Waals surface area contributed by atoms with E-state index in [-0.39, 0.29) is 5.69 Å². The van der Waals surface area contributed by atoms with Crippen molar-refractivity contribution >= 4 is 17.8 Å². The van der Waals surface area contributed by atoms with Gasteiger partial charge in [-0.05, 0) is 30.4 Å². The van der Waals surface area contributed by atoms with E-state index in [1.165, 1.54) is 6.07 Å². The molecule has 1 aromatic carbocycles. The summed E-state index contributed by atoms with van der Waals surface area (Å²) >= 11 is 0. The zero-order valence-corrected chi connectivity index (χ0v) is 8.98. The molecule has 4 nitrogen and oxygen atoms in total. The summed E-state index contributed by atoms with van der Waals surface area (Å²) in [7, 11) is 0. The number of para-hydroxylation sites is 1. The number of pyridine rings is 1. The van der Waals surface area contributed by atoms with Gasteiger partial charge in [0.05, 0.1) is 16.2 Å². The first kappa shape index (κ1) is 11.0. The number of nitro benzene ring substituents is 1. The molecule has 0 unspecified atom stereocenters. The van der Waals surface area contributed by atoms with Crippen LogP contribution in [0.25, 0.3) is 12.2 Å². The van der Waals surface area contributed by atoms with Crippen molar-refractivity contribution < 1.29 is 4.92 Å². The Labute approximate surface area is 98.4 Å². The fourth-order valence-corrected chi connectivity index (χ4v) is 1.44. The number of benzene rings is 1. The lowest BCUT2D eigenvalue weighted by Crippen LogP contribution is -1.90. The van der Waals surface area contributed by atoms with Crippen LogP contribution in [0.4, 0.5) is 5.69 Å². The highest BCUT2D eigenvalue weighted by atomic mass is 16.6. The van der Waals surface area contributed by atoms with E-state index in [1.54, 1.807) is 36.5 Å². The fraction of sp³-hybridized carbons (Fsp3) is 0. The molecule has 0 aliphatic heterocycles. The Kier molecular flexibility index (Phi) is 3.25. The molecule has 17 heavy (non-hydrogen) atoms. The summed E-state index contributed by atoms with van der Waals surface area (Å²) in [5.74, 6) is 0. The first-order valence-corrected chi connectivity index (χ1v) is 5.10. The lowest BCUT2D eigenvalue weighted by Gasteiger charge is -1.96. The van der Waals surface area contributed by atoms with Crippen LogP contribution in [0.5, 0.6) is 0 Å². The highest BCUT2D eigenvalue weighted by Crippen LogP contribution is 2.19. The molecule has 1 heterocycles. The predicted octanol–water partition coefficient (Wildman–Crippen LogP) is 3.16. The summed E-state index contributed by atoms with van der Waals surface area (Å²) in [4.78, 5) is 14.5. The van der Waals surface area contributed by atoms with Crippen LogP contribution < -0.4 is 0 Å². The molecule has 0 saturated carbocycles. The van der Waals surface area contributed by atoms with Crippen LogP contribution in [0.3, 0.4) is 0 Å². The maximum Gasteiger partial charge on any atom is 0.276 e. The van der Waals surface area contributed by atoms with Gasteiger partial charge in [0, 0.05) is 12.3 Å². The van der Waals surface area contributed by atoms with Crippen molar-refractivity contribution in [3.63, 3.8) is 0 Å². The molecule has 0 N–H and O–H groups in total. The average molecular weight is 226 g/mol. The van der Waals surface area contributed by atoms with Crippen LogP contribution in [-0.4, -0.2) is 9.91 Å². The second-order valence-corrected chi connectivity index (χ2v) is 3.40. The van der Waals surface area contributed by atoms with E-state index < -0.39 is 4.92 Å². The Morgan fingerprint density at radius 1 is 1.06 bits per heavy atom. The molecule has 2 aromatic rings. The second kappa shape index (κ2) is 5.03. The number of rotatable bonds is 3. The maximum atomic E-state index is 10.8. The Bertz CT molecular complexity index is 550. The molecule has 0 fully saturated rings. The summed E-state index contributed by atoms with van der Waals surface area (Å²) < 4.78 is 0. The van der Waals surface area contributed by atoms with Crippen molar-refractivity contribution in [2.45, 2.75) is 0 Å². The van der Waals surface area contributed by atoms with Crippen LogP contribution in [-0.2, 0) is 0 Å². The predicted molar refractivity (Wildman–Crippen MR) is 66.3 cm³/mol. The number of aromatic nitrogens is 1. The van der Waals surface area contributed by atoms with Gasteiger partial charge in [0.2, 0.25) is 0 Å². The lowest BCUT2D eigenvalue weighted by atomic mass is 10.1. The molecule has 2 rings (SSSR count). The van der Waals surface area contributed by atoms with E-state index in [0.29, 0.717) is 5.56 Å². The van der Waals surface area contributed by atoms with Crippen molar-refractivity contribution in [2.75, 3.05) is 0 Å². The highest BCUT2D eigenvalue weighted by Gasteiger charge is 2.08. The molecule has 0 spiro atoms. The van der Waals surface area contributed by atoms with Gasteiger partial charge < -0.3 is 0 Å². The summed E-state index contributed by atoms with van der Waals surface area (Å²) in [6, 6.07) is 12.1. The van der Waals surface area contributed by atoms with E-state index in [2.05, 4.69) is 4.98 Å². The van der Waals surface area contributed by atoms with Gasteiger partial charge in [0.25, 0.3) is 5.69 Å². The van der Waals surface area contributed by atoms with E-state index in [4.69, 9.17) is 0 Å². The van der Waals surface area contributed by atoms with Gasteiger partial charge in [-0.25, -0.2) is 0 Å². The Morgan fingerprint density at radius 3 is 2.53 bits per heavy atom. The van der Waals surface area contributed by atoms with Crippen molar-refractivity contribution in [3.8, 4) is 0 Å². The molecule has 1 aromatic heterocycles. The SMILES string of the molecule is O=[N+]([O-])c1ccccc1/C=C\c1ccccn1. The molecule has 0 radical (unpaired) electrons. The van der Waals surface area contributed by atoms with E-state index in [1.807, 2.05) is 18.2 Å². The van der Waals surface area contributed by atoms with Gasteiger partial charge in [0.15, 0.2) is 0 Å². The van der Waals surface area contributed by atoms with Gasteiger partial charge in [-0.15, -0.1) is 0 Å². The van der Waals surface area contributed by atoms with E-state index >= 15 is 0 Å². The maximum absolute atomic E-state index is 10.8. The molecular weight excluding hydrogens is 216 g/mol. The first-order chi connectivity index (χ1) is 8.27. The van der Waals surface area contributed by atoms with Crippen LogP contribution in [0.1, 0.15) is 11.3 Å². The summed E-state index contributed by atoms with van der Waals surface area (Å²) in [6.07, 6.45) is 5.13. The molecule has 4 heteroatoms. The smallest absolute Gasteiger partial charge is 0.258 e. The normalized spacial score (nSPS) is 10.6. The molecule has 0 atom stereocenters. The number of hydrogen-bond donors (Lipinski definition) is 0. The van der Waals surface area contributed by atoms with Gasteiger partial charge in [-0.1, -0.05) is 18.2 Å². The summed E-state index contributed by atoms with van der Waals surface area (Å²) in [5, 5.41) is 10.8. The number of nitro groups is 1. The monoisotopic (exact) mass is 226 g/mol. The number of hydrogen-bond acceptors (Lipinski definition) is 3. The fourth-order valence-electron chi connectivity index (χ4n) is 1.44. The second-order valence-electron chi connectivity index (χ2n) is 3.40. The van der Waals surface area contributed by atoms with E-state index in [0.717, 1.165) is 5.69 Å². The molecule has 0 aliphatic rings. The first-order valence-electron chi connectivity index (χ1n) is 5.10. The van der Waals surface area contributed by atoms with Crippen LogP contribution in [0, 0.1) is 10.1 Å². The van der Waals surface area contributed by atoms with Crippen LogP contribution >= 0.6 is 0 Å². The quantitative estimate of drug-likeness (QED) is 0.596. The summed E-state index contributed by atoms with van der Waals surface area (Å²) in [6.45, 7) is 0. The Hall–Kier alpha value is -2.49. The molecule has 0 aliphatic carbocycles. The van der Waals surface area contributed by atoms with Crippen molar-refractivity contribution in [3.05, 3.63) is 70.0 Å². The third-order valence-corrected chi connectivity index (χ3v) is 2.25. The summed E-state index contributed by atoms with van der Waals surface area (Å²) in [5.41, 5.74) is 1.44. The third kappa shape index (κ3) is 2.75. The highest BCUT2D eigenvalue weighted by molar-refractivity contribution is 5.72. The standard InChI is InChI=1S/C13H10N2O2/c16-15(17)13-7-2-1-5-11(13)8-9-12-6-3-4-10-14-12/h1-10H/b9-8-. The van der Waals surface area contributed by atoms with Crippen molar-refractivity contribution in [1.82, 2.24) is 4.98 Å². The minimum Gasteiger partial charge on any atom is -0.258 e. The zero-order chi connectivity index (χ0) is 12.1. The van der Waals surface area contributed by atoms with Crippen LogP contribution in [0.15, 0.2) is 48.7 Å². The number of nitrogens with zero attached hydrogens (tertiary/aromatic N) is 2. The van der Waals surface area contributed by atoms with Crippen molar-refractivity contribution in [1.29, 1.82) is 0 Å². The molecule has 0 bridgehead atoms. The molecule has 0 saturated heterocycles. The third-order valence-electron chi connectivity index (χ3n) is 2.25. The minimum absolute atomic E-state index is 0.0969. The Morgan fingerprint density at radius 2 is 1.82 bits per heavy atom. The topological polar surface area (TPSA) is 56.0 Å².